The van der Waals surface area contributed by atoms with Gasteiger partial charge in [0, 0.05) is 17.1 Å². The molecule has 0 spiro atoms. The molecule has 2 aromatic carbocycles. The lowest BCUT2D eigenvalue weighted by Gasteiger charge is -2.13. The molecule has 0 N–H and O–H groups in total. The Morgan fingerprint density at radius 1 is 1.19 bits per heavy atom. The molecule has 8 heteroatoms. The predicted octanol–water partition coefficient (Wildman–Crippen LogP) is 5.05. The highest BCUT2D eigenvalue weighted by Gasteiger charge is 2.16. The number of anilines is 1. The van der Waals surface area contributed by atoms with Crippen molar-refractivity contribution in [3.8, 4) is 16.3 Å². The van der Waals surface area contributed by atoms with E-state index in [1.807, 2.05) is 36.4 Å². The molecule has 0 aliphatic carbocycles. The van der Waals surface area contributed by atoms with Gasteiger partial charge in [-0.3, -0.25) is 9.69 Å². The number of benzene rings is 2. The highest BCUT2D eigenvalue weighted by molar-refractivity contribution is 9.10. The molecule has 0 unspecified atom stereocenters. The number of rotatable bonds is 6. The molecule has 3 rings (SSSR count). The largest absolute Gasteiger partial charge is 0.491 e. The molecule has 0 aliphatic rings. The molecule has 0 bridgehead atoms. The predicted molar refractivity (Wildman–Crippen MR) is 108 cm³/mol. The zero-order chi connectivity index (χ0) is 18.5. The van der Waals surface area contributed by atoms with Gasteiger partial charge in [-0.05, 0) is 24.3 Å². The summed E-state index contributed by atoms with van der Waals surface area (Å²) < 4.78 is 6.56. The van der Waals surface area contributed by atoms with Gasteiger partial charge in [0.25, 0.3) is 0 Å². The second kappa shape index (κ2) is 8.62. The Balaban J connectivity index is 1.58. The summed E-state index contributed by atoms with van der Waals surface area (Å²) in [6.07, 6.45) is 0.217. The van der Waals surface area contributed by atoms with Crippen LogP contribution in [0.15, 0.2) is 53.0 Å². The fraction of sp³-hybridized carbons (Fsp3) is 0.167. The molecule has 1 amide bonds. The van der Waals surface area contributed by atoms with Gasteiger partial charge in [-0.15, -0.1) is 10.2 Å². The molecule has 3 aromatic rings. The summed E-state index contributed by atoms with van der Waals surface area (Å²) in [5.41, 5.74) is 0.958. The van der Waals surface area contributed by atoms with Crippen LogP contribution in [0.2, 0.25) is 5.02 Å². The lowest BCUT2D eigenvalue weighted by atomic mass is 10.2. The highest BCUT2D eigenvalue weighted by atomic mass is 79.9. The normalized spacial score (nSPS) is 10.6. The fourth-order valence-electron chi connectivity index (χ4n) is 2.14. The van der Waals surface area contributed by atoms with Gasteiger partial charge in [0.1, 0.15) is 10.8 Å². The molecule has 0 saturated heterocycles. The summed E-state index contributed by atoms with van der Waals surface area (Å²) in [5.74, 6) is 0.466. The van der Waals surface area contributed by atoms with Crippen molar-refractivity contribution in [2.45, 2.75) is 6.42 Å². The van der Waals surface area contributed by atoms with Gasteiger partial charge >= 0.3 is 0 Å². The van der Waals surface area contributed by atoms with Crippen molar-refractivity contribution < 1.29 is 9.53 Å². The van der Waals surface area contributed by atoms with E-state index < -0.39 is 0 Å². The minimum atomic E-state index is -0.101. The highest BCUT2D eigenvalue weighted by Crippen LogP contribution is 2.29. The Bertz CT molecular complexity index is 901. The molecule has 0 aliphatic heterocycles. The number of ether oxygens (including phenoxy) is 1. The SMILES string of the molecule is CN(C(=O)CCOc1ccccc1Cl)c1nnc(-c2ccc(Br)cc2)s1. The fourth-order valence-corrected chi connectivity index (χ4v) is 3.43. The van der Waals surface area contributed by atoms with Crippen LogP contribution in [0, 0.1) is 0 Å². The third-order valence-corrected chi connectivity index (χ3v) is 5.47. The van der Waals surface area contributed by atoms with Crippen LogP contribution in [0.5, 0.6) is 5.75 Å². The van der Waals surface area contributed by atoms with Crippen LogP contribution in [0.1, 0.15) is 6.42 Å². The van der Waals surface area contributed by atoms with Crippen molar-refractivity contribution in [3.05, 3.63) is 58.0 Å². The molecular weight excluding hydrogens is 438 g/mol. The van der Waals surface area contributed by atoms with Crippen LogP contribution in [0.25, 0.3) is 10.6 Å². The summed E-state index contributed by atoms with van der Waals surface area (Å²) in [5, 5.41) is 10.1. The molecule has 0 fully saturated rings. The molecular formula is C18H15BrClN3O2S. The van der Waals surface area contributed by atoms with Gasteiger partial charge in [0.2, 0.25) is 11.0 Å². The van der Waals surface area contributed by atoms with Gasteiger partial charge in [-0.2, -0.15) is 0 Å². The van der Waals surface area contributed by atoms with Crippen LogP contribution >= 0.6 is 38.9 Å². The van der Waals surface area contributed by atoms with Crippen LogP contribution < -0.4 is 9.64 Å². The van der Waals surface area contributed by atoms with E-state index in [1.54, 1.807) is 19.2 Å². The lowest BCUT2D eigenvalue weighted by molar-refractivity contribution is -0.118. The summed E-state index contributed by atoms with van der Waals surface area (Å²) in [7, 11) is 1.68. The minimum Gasteiger partial charge on any atom is -0.491 e. The number of hydrogen-bond acceptors (Lipinski definition) is 5. The maximum atomic E-state index is 12.4. The van der Waals surface area contributed by atoms with Crippen LogP contribution in [-0.4, -0.2) is 29.8 Å². The first kappa shape index (κ1) is 18.8. The molecule has 0 saturated carbocycles. The van der Waals surface area contributed by atoms with Crippen molar-refractivity contribution in [3.63, 3.8) is 0 Å². The summed E-state index contributed by atoms with van der Waals surface area (Å²) >= 11 is 10.8. The van der Waals surface area contributed by atoms with Gasteiger partial charge in [0.15, 0.2) is 0 Å². The number of hydrogen-bond donors (Lipinski definition) is 0. The van der Waals surface area contributed by atoms with Gasteiger partial charge < -0.3 is 4.74 Å². The second-order valence-electron chi connectivity index (χ2n) is 5.38. The van der Waals surface area contributed by atoms with E-state index in [1.165, 1.54) is 16.2 Å². The van der Waals surface area contributed by atoms with Gasteiger partial charge in [0.05, 0.1) is 18.1 Å². The van der Waals surface area contributed by atoms with Crippen LogP contribution in [-0.2, 0) is 4.79 Å². The monoisotopic (exact) mass is 451 g/mol. The maximum Gasteiger partial charge on any atom is 0.231 e. The number of amides is 1. The molecule has 0 atom stereocenters. The first-order chi connectivity index (χ1) is 12.5. The molecule has 5 nitrogen and oxygen atoms in total. The number of halogens is 2. The van der Waals surface area contributed by atoms with Crippen molar-refractivity contribution in [2.24, 2.45) is 0 Å². The molecule has 1 aromatic heterocycles. The van der Waals surface area contributed by atoms with E-state index in [9.17, 15) is 4.79 Å². The lowest BCUT2D eigenvalue weighted by Crippen LogP contribution is -2.27. The van der Waals surface area contributed by atoms with E-state index in [-0.39, 0.29) is 18.9 Å². The Labute approximate surface area is 168 Å². The Morgan fingerprint density at radius 3 is 2.65 bits per heavy atom. The first-order valence-electron chi connectivity index (χ1n) is 7.78. The Kier molecular flexibility index (Phi) is 6.24. The van der Waals surface area contributed by atoms with Gasteiger partial charge in [-0.25, -0.2) is 0 Å². The average Bonchev–Trinajstić information content (AvgIpc) is 3.13. The summed E-state index contributed by atoms with van der Waals surface area (Å²) in [6, 6.07) is 15.0. The molecule has 0 radical (unpaired) electrons. The minimum absolute atomic E-state index is 0.101. The van der Waals surface area contributed by atoms with Crippen molar-refractivity contribution in [1.29, 1.82) is 0 Å². The smallest absolute Gasteiger partial charge is 0.231 e. The number of para-hydroxylation sites is 1. The molecule has 26 heavy (non-hydrogen) atoms. The number of carbonyl (C=O) groups is 1. The quantitative estimate of drug-likeness (QED) is 0.525. The topological polar surface area (TPSA) is 55.3 Å². The van der Waals surface area contributed by atoms with E-state index in [0.717, 1.165) is 15.0 Å². The number of nitrogens with zero attached hydrogens (tertiary/aromatic N) is 3. The van der Waals surface area contributed by atoms with E-state index in [2.05, 4.69) is 26.1 Å². The van der Waals surface area contributed by atoms with Crippen molar-refractivity contribution >= 4 is 49.9 Å². The van der Waals surface area contributed by atoms with Crippen molar-refractivity contribution in [2.75, 3.05) is 18.6 Å². The van der Waals surface area contributed by atoms with Crippen LogP contribution in [0.4, 0.5) is 5.13 Å². The Morgan fingerprint density at radius 2 is 1.92 bits per heavy atom. The summed E-state index contributed by atoms with van der Waals surface area (Å²) in [6.45, 7) is 0.241. The number of aromatic nitrogens is 2. The van der Waals surface area contributed by atoms with E-state index >= 15 is 0 Å². The molecule has 1 heterocycles. The third kappa shape index (κ3) is 4.60. The molecule has 134 valence electrons. The van der Waals surface area contributed by atoms with Crippen molar-refractivity contribution in [1.82, 2.24) is 10.2 Å². The summed E-state index contributed by atoms with van der Waals surface area (Å²) in [4.78, 5) is 13.9. The zero-order valence-electron chi connectivity index (χ0n) is 13.9. The second-order valence-corrected chi connectivity index (χ2v) is 7.66. The van der Waals surface area contributed by atoms with E-state index in [4.69, 9.17) is 16.3 Å². The van der Waals surface area contributed by atoms with Gasteiger partial charge in [-0.1, -0.05) is 63.1 Å². The average molecular weight is 453 g/mol. The maximum absolute atomic E-state index is 12.4. The zero-order valence-corrected chi connectivity index (χ0v) is 17.0. The van der Waals surface area contributed by atoms with Crippen LogP contribution in [0.3, 0.4) is 0 Å². The number of carbonyl (C=O) groups excluding carboxylic acids is 1. The Hall–Kier alpha value is -1.96. The third-order valence-electron chi connectivity index (χ3n) is 3.58. The van der Waals surface area contributed by atoms with E-state index in [0.29, 0.717) is 15.9 Å². The first-order valence-corrected chi connectivity index (χ1v) is 9.76. The standard InChI is InChI=1S/C18H15BrClN3O2S/c1-23(16(24)10-11-25-15-5-3-2-4-14(15)20)18-22-21-17(26-18)12-6-8-13(19)9-7-12/h2-9H,10-11H2,1H3.